The van der Waals surface area contributed by atoms with Gasteiger partial charge < -0.3 is 19.5 Å². The predicted molar refractivity (Wildman–Crippen MR) is 77.7 cm³/mol. The van der Waals surface area contributed by atoms with Crippen LogP contribution in [0.15, 0.2) is 18.2 Å². The van der Waals surface area contributed by atoms with Gasteiger partial charge in [-0.25, -0.2) is 0 Å². The maximum atomic E-state index is 6.15. The standard InChI is InChI=1S/C16H23NO3/c1-18-16-14(12-5-8-17-11-12)3-2-4-15(16)20-13-6-9-19-10-7-13/h2-4,12-13,17H,5-11H2,1H3. The van der Waals surface area contributed by atoms with Gasteiger partial charge in [-0.3, -0.25) is 0 Å². The summed E-state index contributed by atoms with van der Waals surface area (Å²) in [5, 5.41) is 3.41. The smallest absolute Gasteiger partial charge is 0.164 e. The molecule has 0 aromatic heterocycles. The van der Waals surface area contributed by atoms with Gasteiger partial charge in [0.05, 0.1) is 20.3 Å². The molecule has 2 saturated heterocycles. The molecule has 0 aliphatic carbocycles. The van der Waals surface area contributed by atoms with Crippen LogP contribution in [0.2, 0.25) is 0 Å². The fourth-order valence-corrected chi connectivity index (χ4v) is 3.06. The van der Waals surface area contributed by atoms with Crippen molar-refractivity contribution in [2.45, 2.75) is 31.3 Å². The van der Waals surface area contributed by atoms with Crippen LogP contribution in [0.3, 0.4) is 0 Å². The molecule has 0 spiro atoms. The van der Waals surface area contributed by atoms with Gasteiger partial charge in [-0.2, -0.15) is 0 Å². The van der Waals surface area contributed by atoms with E-state index < -0.39 is 0 Å². The molecule has 0 amide bonds. The molecule has 110 valence electrons. The van der Waals surface area contributed by atoms with Crippen molar-refractivity contribution in [3.05, 3.63) is 23.8 Å². The Labute approximate surface area is 120 Å². The topological polar surface area (TPSA) is 39.7 Å². The van der Waals surface area contributed by atoms with Crippen molar-refractivity contribution in [1.82, 2.24) is 5.32 Å². The molecule has 4 nitrogen and oxygen atoms in total. The Bertz CT molecular complexity index is 437. The highest BCUT2D eigenvalue weighted by molar-refractivity contribution is 5.48. The molecular weight excluding hydrogens is 254 g/mol. The quantitative estimate of drug-likeness (QED) is 0.917. The Kier molecular flexibility index (Phi) is 4.43. The minimum Gasteiger partial charge on any atom is -0.493 e. The predicted octanol–water partition coefficient (Wildman–Crippen LogP) is 2.33. The van der Waals surface area contributed by atoms with E-state index in [-0.39, 0.29) is 6.10 Å². The largest absolute Gasteiger partial charge is 0.493 e. The molecule has 2 aliphatic heterocycles. The van der Waals surface area contributed by atoms with E-state index in [0.29, 0.717) is 5.92 Å². The van der Waals surface area contributed by atoms with Crippen LogP contribution >= 0.6 is 0 Å². The fraction of sp³-hybridized carbons (Fsp3) is 0.625. The molecule has 1 aromatic rings. The van der Waals surface area contributed by atoms with E-state index in [0.717, 1.165) is 57.1 Å². The molecule has 2 heterocycles. The number of rotatable bonds is 4. The zero-order valence-corrected chi connectivity index (χ0v) is 12.1. The van der Waals surface area contributed by atoms with Crippen LogP contribution in [0.25, 0.3) is 0 Å². The third-order valence-electron chi connectivity index (χ3n) is 4.18. The average molecular weight is 277 g/mol. The van der Waals surface area contributed by atoms with Gasteiger partial charge in [-0.1, -0.05) is 12.1 Å². The van der Waals surface area contributed by atoms with E-state index in [1.165, 1.54) is 5.56 Å². The summed E-state index contributed by atoms with van der Waals surface area (Å²) in [5.74, 6) is 2.32. The number of ether oxygens (including phenoxy) is 3. The van der Waals surface area contributed by atoms with Crippen LogP contribution in [0.4, 0.5) is 0 Å². The second-order valence-electron chi connectivity index (χ2n) is 5.50. The van der Waals surface area contributed by atoms with Crippen molar-refractivity contribution in [2.24, 2.45) is 0 Å². The van der Waals surface area contributed by atoms with Crippen LogP contribution in [-0.4, -0.2) is 39.5 Å². The first kappa shape index (κ1) is 13.7. The minimum absolute atomic E-state index is 0.245. The first-order chi connectivity index (χ1) is 9.88. The van der Waals surface area contributed by atoms with Crippen molar-refractivity contribution in [2.75, 3.05) is 33.4 Å². The Morgan fingerprint density at radius 1 is 1.20 bits per heavy atom. The normalized spacial score (nSPS) is 23.8. The van der Waals surface area contributed by atoms with Crippen molar-refractivity contribution < 1.29 is 14.2 Å². The van der Waals surface area contributed by atoms with Crippen molar-refractivity contribution in [1.29, 1.82) is 0 Å². The Hall–Kier alpha value is -1.26. The van der Waals surface area contributed by atoms with Gasteiger partial charge in [0, 0.05) is 30.9 Å². The SMILES string of the molecule is COc1c(OC2CCOCC2)cccc1C1CCNC1. The minimum atomic E-state index is 0.245. The van der Waals surface area contributed by atoms with Crippen LogP contribution in [0, 0.1) is 0 Å². The fourth-order valence-electron chi connectivity index (χ4n) is 3.06. The first-order valence-electron chi connectivity index (χ1n) is 7.50. The van der Waals surface area contributed by atoms with Crippen molar-refractivity contribution in [3.63, 3.8) is 0 Å². The Balaban J connectivity index is 1.80. The van der Waals surface area contributed by atoms with Gasteiger partial charge in [0.2, 0.25) is 0 Å². The summed E-state index contributed by atoms with van der Waals surface area (Å²) >= 11 is 0. The summed E-state index contributed by atoms with van der Waals surface area (Å²) in [7, 11) is 1.73. The number of para-hydroxylation sites is 1. The average Bonchev–Trinajstić information content (AvgIpc) is 3.02. The van der Waals surface area contributed by atoms with Gasteiger partial charge >= 0.3 is 0 Å². The maximum Gasteiger partial charge on any atom is 0.164 e. The molecule has 1 aromatic carbocycles. The van der Waals surface area contributed by atoms with Crippen LogP contribution in [-0.2, 0) is 4.74 Å². The molecule has 0 bridgehead atoms. The summed E-state index contributed by atoms with van der Waals surface area (Å²) in [6.45, 7) is 3.69. The lowest BCUT2D eigenvalue weighted by atomic mass is 9.97. The third-order valence-corrected chi connectivity index (χ3v) is 4.18. The number of benzene rings is 1. The molecular formula is C16H23NO3. The summed E-state index contributed by atoms with van der Waals surface area (Å²) in [6.07, 6.45) is 3.32. The number of methoxy groups -OCH3 is 1. The number of hydrogen-bond donors (Lipinski definition) is 1. The molecule has 1 N–H and O–H groups in total. The van der Waals surface area contributed by atoms with E-state index in [1.54, 1.807) is 7.11 Å². The van der Waals surface area contributed by atoms with Crippen LogP contribution < -0.4 is 14.8 Å². The summed E-state index contributed by atoms with van der Waals surface area (Å²) in [5.41, 5.74) is 1.27. The van der Waals surface area contributed by atoms with Gasteiger partial charge in [0.25, 0.3) is 0 Å². The molecule has 2 aliphatic rings. The zero-order valence-electron chi connectivity index (χ0n) is 12.1. The van der Waals surface area contributed by atoms with E-state index in [2.05, 4.69) is 17.4 Å². The van der Waals surface area contributed by atoms with E-state index in [9.17, 15) is 0 Å². The van der Waals surface area contributed by atoms with E-state index in [1.807, 2.05) is 6.07 Å². The molecule has 1 atom stereocenters. The lowest BCUT2D eigenvalue weighted by molar-refractivity contribution is 0.0245. The zero-order chi connectivity index (χ0) is 13.8. The van der Waals surface area contributed by atoms with E-state index >= 15 is 0 Å². The maximum absolute atomic E-state index is 6.15. The van der Waals surface area contributed by atoms with Gasteiger partial charge in [-0.15, -0.1) is 0 Å². The lowest BCUT2D eigenvalue weighted by Crippen LogP contribution is -2.26. The summed E-state index contributed by atoms with van der Waals surface area (Å²) in [4.78, 5) is 0. The molecule has 4 heteroatoms. The monoisotopic (exact) mass is 277 g/mol. The second-order valence-corrected chi connectivity index (χ2v) is 5.50. The van der Waals surface area contributed by atoms with Gasteiger partial charge in [0.1, 0.15) is 6.10 Å². The van der Waals surface area contributed by atoms with Crippen LogP contribution in [0.1, 0.15) is 30.7 Å². The van der Waals surface area contributed by atoms with Gasteiger partial charge in [0.15, 0.2) is 11.5 Å². The molecule has 20 heavy (non-hydrogen) atoms. The summed E-state index contributed by atoms with van der Waals surface area (Å²) in [6, 6.07) is 6.25. The highest BCUT2D eigenvalue weighted by Crippen LogP contribution is 2.38. The van der Waals surface area contributed by atoms with E-state index in [4.69, 9.17) is 14.2 Å². The Morgan fingerprint density at radius 3 is 2.75 bits per heavy atom. The Morgan fingerprint density at radius 2 is 2.05 bits per heavy atom. The van der Waals surface area contributed by atoms with Crippen molar-refractivity contribution >= 4 is 0 Å². The van der Waals surface area contributed by atoms with Crippen LogP contribution in [0.5, 0.6) is 11.5 Å². The third kappa shape index (κ3) is 2.91. The summed E-state index contributed by atoms with van der Waals surface area (Å²) < 4.78 is 17.2. The van der Waals surface area contributed by atoms with Gasteiger partial charge in [-0.05, 0) is 19.0 Å². The highest BCUT2D eigenvalue weighted by Gasteiger charge is 2.24. The number of nitrogens with one attached hydrogen (secondary N) is 1. The molecule has 0 saturated carbocycles. The first-order valence-corrected chi connectivity index (χ1v) is 7.50. The molecule has 2 fully saturated rings. The molecule has 0 radical (unpaired) electrons. The molecule has 1 unspecified atom stereocenters. The molecule has 3 rings (SSSR count). The van der Waals surface area contributed by atoms with Crippen molar-refractivity contribution in [3.8, 4) is 11.5 Å². The number of hydrogen-bond acceptors (Lipinski definition) is 4. The lowest BCUT2D eigenvalue weighted by Gasteiger charge is -2.25. The highest BCUT2D eigenvalue weighted by atomic mass is 16.5. The second kappa shape index (κ2) is 6.46.